The van der Waals surface area contributed by atoms with Crippen LogP contribution in [0, 0.1) is 0 Å². The van der Waals surface area contributed by atoms with E-state index in [1.165, 1.54) is 29.4 Å². The van der Waals surface area contributed by atoms with Gasteiger partial charge in [0.15, 0.2) is 6.61 Å². The maximum absolute atomic E-state index is 11.7. The van der Waals surface area contributed by atoms with Crippen LogP contribution in [-0.2, 0) is 14.3 Å². The second-order valence-corrected chi connectivity index (χ2v) is 6.88. The maximum atomic E-state index is 11.7. The predicted octanol–water partition coefficient (Wildman–Crippen LogP) is 2.63. The molecule has 0 bridgehead atoms. The summed E-state index contributed by atoms with van der Waals surface area (Å²) in [5.74, 6) is -0.596. The Balaban J connectivity index is 1.75. The molecule has 1 N–H and O–H groups in total. The van der Waals surface area contributed by atoms with Gasteiger partial charge < -0.3 is 10.1 Å². The van der Waals surface area contributed by atoms with Gasteiger partial charge >= 0.3 is 5.97 Å². The number of thioether (sulfide) groups is 1. The van der Waals surface area contributed by atoms with Crippen molar-refractivity contribution in [2.45, 2.75) is 37.8 Å². The molecular weight excluding hydrogens is 334 g/mol. The largest absolute Gasteiger partial charge is 0.455 e. The van der Waals surface area contributed by atoms with E-state index >= 15 is 0 Å². The van der Waals surface area contributed by atoms with Crippen molar-refractivity contribution in [1.82, 2.24) is 15.3 Å². The Hall–Kier alpha value is -1.67. The van der Waals surface area contributed by atoms with Gasteiger partial charge in [0.25, 0.3) is 5.91 Å². The van der Waals surface area contributed by atoms with E-state index in [1.807, 2.05) is 18.4 Å². The van der Waals surface area contributed by atoms with E-state index < -0.39 is 5.97 Å². The number of carbonyl (C=O) groups excluding carboxylic acids is 2. The van der Waals surface area contributed by atoms with Gasteiger partial charge in [-0.15, -0.1) is 11.3 Å². The Labute approximate surface area is 143 Å². The van der Waals surface area contributed by atoms with E-state index in [1.54, 1.807) is 0 Å². The molecule has 6 nitrogen and oxygen atoms in total. The molecule has 23 heavy (non-hydrogen) atoms. The zero-order chi connectivity index (χ0) is 16.7. The predicted molar refractivity (Wildman–Crippen MR) is 91.6 cm³/mol. The third kappa shape index (κ3) is 5.47. The van der Waals surface area contributed by atoms with Crippen molar-refractivity contribution in [2.75, 3.05) is 12.4 Å². The molecule has 0 radical (unpaired) electrons. The summed E-state index contributed by atoms with van der Waals surface area (Å²) in [6.45, 7) is 3.74. The first kappa shape index (κ1) is 17.7. The summed E-state index contributed by atoms with van der Waals surface area (Å²) in [7, 11) is 0. The van der Waals surface area contributed by atoms with Crippen LogP contribution in [0.4, 0.5) is 0 Å². The first-order valence-corrected chi connectivity index (χ1v) is 9.22. The fraction of sp³-hybridized carbons (Fsp3) is 0.467. The summed E-state index contributed by atoms with van der Waals surface area (Å²) in [6.07, 6.45) is 3.38. The number of nitrogens with zero attached hydrogens (tertiary/aromatic N) is 2. The van der Waals surface area contributed by atoms with Crippen LogP contribution in [0.1, 0.15) is 26.7 Å². The molecule has 0 saturated carbocycles. The SMILES string of the molecule is CCC[C@@H](C)NC(=O)COC(=O)CSc1ncnc2sccc12. The Kier molecular flexibility index (Phi) is 6.79. The second-order valence-electron chi connectivity index (χ2n) is 5.02. The van der Waals surface area contributed by atoms with Crippen molar-refractivity contribution < 1.29 is 14.3 Å². The molecule has 0 spiro atoms. The highest BCUT2D eigenvalue weighted by atomic mass is 32.2. The Morgan fingerprint density at radius 2 is 2.26 bits per heavy atom. The van der Waals surface area contributed by atoms with Gasteiger partial charge in [-0.3, -0.25) is 9.59 Å². The van der Waals surface area contributed by atoms with Crippen LogP contribution in [0.25, 0.3) is 10.2 Å². The molecule has 0 aliphatic carbocycles. The second kappa shape index (κ2) is 8.83. The molecule has 2 heterocycles. The summed E-state index contributed by atoms with van der Waals surface area (Å²) in [5, 5.41) is 6.40. The van der Waals surface area contributed by atoms with Crippen LogP contribution in [-0.4, -0.2) is 40.2 Å². The number of rotatable bonds is 8. The fourth-order valence-corrected chi connectivity index (χ4v) is 3.60. The molecule has 0 fully saturated rings. The third-order valence-electron chi connectivity index (χ3n) is 3.05. The summed E-state index contributed by atoms with van der Waals surface area (Å²) in [4.78, 5) is 32.6. The van der Waals surface area contributed by atoms with Crippen molar-refractivity contribution >= 4 is 45.2 Å². The number of fused-ring (bicyclic) bond motifs is 1. The Morgan fingerprint density at radius 3 is 3.04 bits per heavy atom. The standard InChI is InChI=1S/C15H19N3O3S2/c1-3-4-10(2)18-12(19)7-21-13(20)8-23-15-11-5-6-22-14(11)16-9-17-15/h5-6,9-10H,3-4,7-8H2,1-2H3,(H,18,19)/t10-/m1/s1. The van der Waals surface area contributed by atoms with E-state index in [-0.39, 0.29) is 24.3 Å². The minimum Gasteiger partial charge on any atom is -0.455 e. The van der Waals surface area contributed by atoms with Gasteiger partial charge in [0.2, 0.25) is 0 Å². The molecule has 0 aliphatic heterocycles. The number of amides is 1. The molecular formula is C15H19N3O3S2. The average molecular weight is 353 g/mol. The van der Waals surface area contributed by atoms with Gasteiger partial charge in [-0.25, -0.2) is 9.97 Å². The molecule has 2 rings (SSSR count). The van der Waals surface area contributed by atoms with Crippen LogP contribution in [0.3, 0.4) is 0 Å². The van der Waals surface area contributed by atoms with E-state index in [4.69, 9.17) is 4.74 Å². The summed E-state index contributed by atoms with van der Waals surface area (Å²) in [5.41, 5.74) is 0. The summed E-state index contributed by atoms with van der Waals surface area (Å²) in [6, 6.07) is 2.02. The van der Waals surface area contributed by atoms with Gasteiger partial charge in [0, 0.05) is 11.4 Å². The highest BCUT2D eigenvalue weighted by molar-refractivity contribution is 8.00. The molecule has 0 unspecified atom stereocenters. The van der Waals surface area contributed by atoms with E-state index in [9.17, 15) is 9.59 Å². The molecule has 2 aromatic heterocycles. The number of ether oxygens (including phenoxy) is 1. The highest BCUT2D eigenvalue weighted by Gasteiger charge is 2.12. The minimum absolute atomic E-state index is 0.0912. The number of aromatic nitrogens is 2. The number of thiophene rings is 1. The van der Waals surface area contributed by atoms with Crippen LogP contribution >= 0.6 is 23.1 Å². The first-order chi connectivity index (χ1) is 11.1. The average Bonchev–Trinajstić information content (AvgIpc) is 3.00. The number of carbonyl (C=O) groups is 2. The lowest BCUT2D eigenvalue weighted by Crippen LogP contribution is -2.35. The van der Waals surface area contributed by atoms with Crippen molar-refractivity contribution in [3.05, 3.63) is 17.8 Å². The van der Waals surface area contributed by atoms with Crippen LogP contribution in [0.15, 0.2) is 22.8 Å². The smallest absolute Gasteiger partial charge is 0.316 e. The number of hydrogen-bond acceptors (Lipinski definition) is 7. The molecule has 0 aliphatic rings. The Bertz CT molecular complexity index is 675. The molecule has 2 aromatic rings. The van der Waals surface area contributed by atoms with E-state index in [0.29, 0.717) is 0 Å². The van der Waals surface area contributed by atoms with E-state index in [2.05, 4.69) is 22.2 Å². The van der Waals surface area contributed by atoms with Crippen molar-refractivity contribution in [3.63, 3.8) is 0 Å². The first-order valence-electron chi connectivity index (χ1n) is 7.36. The number of hydrogen-bond donors (Lipinski definition) is 1. The monoisotopic (exact) mass is 353 g/mol. The zero-order valence-electron chi connectivity index (χ0n) is 13.1. The maximum Gasteiger partial charge on any atom is 0.316 e. The van der Waals surface area contributed by atoms with Crippen LogP contribution < -0.4 is 5.32 Å². The normalized spacial score (nSPS) is 12.1. The lowest BCUT2D eigenvalue weighted by atomic mass is 10.2. The van der Waals surface area contributed by atoms with Crippen LogP contribution in [0.5, 0.6) is 0 Å². The van der Waals surface area contributed by atoms with Gasteiger partial charge in [0.05, 0.1) is 5.75 Å². The molecule has 0 saturated heterocycles. The van der Waals surface area contributed by atoms with Crippen LogP contribution in [0.2, 0.25) is 0 Å². The summed E-state index contributed by atoms with van der Waals surface area (Å²) >= 11 is 2.81. The molecule has 0 aromatic carbocycles. The minimum atomic E-state index is -0.435. The van der Waals surface area contributed by atoms with Gasteiger partial charge in [-0.05, 0) is 24.8 Å². The Morgan fingerprint density at radius 1 is 1.43 bits per heavy atom. The van der Waals surface area contributed by atoms with Crippen molar-refractivity contribution in [2.24, 2.45) is 0 Å². The fourth-order valence-electron chi connectivity index (χ4n) is 2.02. The van der Waals surface area contributed by atoms with E-state index in [0.717, 1.165) is 28.1 Å². The lowest BCUT2D eigenvalue weighted by molar-refractivity contribution is -0.146. The number of nitrogens with one attached hydrogen (secondary N) is 1. The topological polar surface area (TPSA) is 81.2 Å². The van der Waals surface area contributed by atoms with Crippen molar-refractivity contribution in [1.29, 1.82) is 0 Å². The summed E-state index contributed by atoms with van der Waals surface area (Å²) < 4.78 is 4.99. The van der Waals surface area contributed by atoms with Gasteiger partial charge in [0.1, 0.15) is 16.2 Å². The third-order valence-corrected chi connectivity index (χ3v) is 4.84. The van der Waals surface area contributed by atoms with Gasteiger partial charge in [-0.2, -0.15) is 0 Å². The highest BCUT2D eigenvalue weighted by Crippen LogP contribution is 2.27. The molecule has 124 valence electrons. The lowest BCUT2D eigenvalue weighted by Gasteiger charge is -2.12. The van der Waals surface area contributed by atoms with Gasteiger partial charge in [-0.1, -0.05) is 25.1 Å². The van der Waals surface area contributed by atoms with Crippen molar-refractivity contribution in [3.8, 4) is 0 Å². The molecule has 8 heteroatoms. The zero-order valence-corrected chi connectivity index (χ0v) is 14.7. The molecule has 1 atom stereocenters. The molecule has 1 amide bonds. The quantitative estimate of drug-likeness (QED) is 0.446. The number of esters is 1.